The molecule has 0 atom stereocenters. The number of likely N-dealkylation sites (N-methyl/N-ethyl adjacent to an activating group) is 1. The second-order valence-corrected chi connectivity index (χ2v) is 5.15. The Morgan fingerprint density at radius 3 is 2.48 bits per heavy atom. The zero-order valence-electron chi connectivity index (χ0n) is 12.6. The van der Waals surface area contributed by atoms with Crippen LogP contribution in [0.15, 0.2) is 0 Å². The standard InChI is InChI=1S/C13H20N2O5S/c1-5-20-13(17)10-9(14)8(12(16)19-4)11(21-10)15(2)6-7-18-3/h5-7,14H2,1-4H3. The first-order chi connectivity index (χ1) is 9.97. The van der Waals surface area contributed by atoms with Crippen LogP contribution in [0.2, 0.25) is 0 Å². The third-order valence-corrected chi connectivity index (χ3v) is 4.05. The number of nitrogens with zero attached hydrogens (tertiary/aromatic N) is 1. The van der Waals surface area contributed by atoms with Gasteiger partial charge in [0.05, 0.1) is 26.0 Å². The Morgan fingerprint density at radius 2 is 1.95 bits per heavy atom. The van der Waals surface area contributed by atoms with Gasteiger partial charge >= 0.3 is 11.9 Å². The molecule has 1 rings (SSSR count). The van der Waals surface area contributed by atoms with Gasteiger partial charge in [0.25, 0.3) is 0 Å². The Hall–Kier alpha value is -1.80. The van der Waals surface area contributed by atoms with Crippen LogP contribution in [0.4, 0.5) is 10.7 Å². The van der Waals surface area contributed by atoms with Crippen LogP contribution < -0.4 is 10.6 Å². The van der Waals surface area contributed by atoms with Gasteiger partial charge in [0.1, 0.15) is 15.4 Å². The Balaban J connectivity index is 3.24. The Morgan fingerprint density at radius 1 is 1.29 bits per heavy atom. The lowest BCUT2D eigenvalue weighted by Gasteiger charge is -2.17. The van der Waals surface area contributed by atoms with Gasteiger partial charge in [-0.15, -0.1) is 11.3 Å². The fraction of sp³-hybridized carbons (Fsp3) is 0.538. The summed E-state index contributed by atoms with van der Waals surface area (Å²) in [4.78, 5) is 25.8. The smallest absolute Gasteiger partial charge is 0.350 e. The van der Waals surface area contributed by atoms with Gasteiger partial charge in [-0.25, -0.2) is 9.59 Å². The first kappa shape index (κ1) is 17.3. The van der Waals surface area contributed by atoms with E-state index in [1.807, 2.05) is 0 Å². The minimum atomic E-state index is -0.585. The third kappa shape index (κ3) is 3.85. The number of nitrogens with two attached hydrogens (primary N) is 1. The van der Waals surface area contributed by atoms with Crippen molar-refractivity contribution in [3.63, 3.8) is 0 Å². The number of rotatable bonds is 7. The fourth-order valence-electron chi connectivity index (χ4n) is 1.68. The number of ether oxygens (including phenoxy) is 3. The van der Waals surface area contributed by atoms with Gasteiger partial charge in [0.2, 0.25) is 0 Å². The molecule has 0 aliphatic carbocycles. The Kier molecular flexibility index (Phi) is 6.44. The molecule has 1 heterocycles. The lowest BCUT2D eigenvalue weighted by molar-refractivity contribution is 0.0533. The Bertz CT molecular complexity index is 515. The highest BCUT2D eigenvalue weighted by Crippen LogP contribution is 2.38. The molecule has 0 aliphatic heterocycles. The molecule has 7 nitrogen and oxygen atoms in total. The quantitative estimate of drug-likeness (QED) is 0.760. The second-order valence-electron chi connectivity index (χ2n) is 4.15. The average Bonchev–Trinajstić information content (AvgIpc) is 2.82. The average molecular weight is 316 g/mol. The maximum atomic E-state index is 11.9. The minimum Gasteiger partial charge on any atom is -0.465 e. The fourth-order valence-corrected chi connectivity index (χ4v) is 2.77. The van der Waals surface area contributed by atoms with E-state index in [1.165, 1.54) is 7.11 Å². The summed E-state index contributed by atoms with van der Waals surface area (Å²) in [6, 6.07) is 0. The van der Waals surface area contributed by atoms with Crippen molar-refractivity contribution in [3.05, 3.63) is 10.4 Å². The second kappa shape index (κ2) is 7.84. The normalized spacial score (nSPS) is 10.3. The topological polar surface area (TPSA) is 91.1 Å². The largest absolute Gasteiger partial charge is 0.465 e. The maximum absolute atomic E-state index is 11.9. The van der Waals surface area contributed by atoms with Gasteiger partial charge in [-0.1, -0.05) is 0 Å². The predicted molar refractivity (Wildman–Crippen MR) is 81.2 cm³/mol. The van der Waals surface area contributed by atoms with Gasteiger partial charge in [-0.05, 0) is 6.92 Å². The third-order valence-electron chi connectivity index (χ3n) is 2.75. The molecule has 0 radical (unpaired) electrons. The van der Waals surface area contributed by atoms with Crippen molar-refractivity contribution in [2.24, 2.45) is 0 Å². The first-order valence-electron chi connectivity index (χ1n) is 6.35. The molecule has 0 spiro atoms. The molecule has 0 aromatic carbocycles. The molecule has 118 valence electrons. The van der Waals surface area contributed by atoms with E-state index in [9.17, 15) is 9.59 Å². The van der Waals surface area contributed by atoms with E-state index in [4.69, 9.17) is 19.9 Å². The van der Waals surface area contributed by atoms with Crippen LogP contribution in [-0.2, 0) is 14.2 Å². The van der Waals surface area contributed by atoms with Crippen LogP contribution in [0, 0.1) is 0 Å². The van der Waals surface area contributed by atoms with Crippen molar-refractivity contribution in [2.45, 2.75) is 6.92 Å². The molecule has 8 heteroatoms. The van der Waals surface area contributed by atoms with Gasteiger partial charge in [-0.3, -0.25) is 0 Å². The van der Waals surface area contributed by atoms with Gasteiger partial charge < -0.3 is 24.8 Å². The van der Waals surface area contributed by atoms with E-state index < -0.39 is 11.9 Å². The number of carbonyl (C=O) groups excluding carboxylic acids is 2. The van der Waals surface area contributed by atoms with Crippen LogP contribution >= 0.6 is 11.3 Å². The zero-order chi connectivity index (χ0) is 16.0. The van der Waals surface area contributed by atoms with Gasteiger partial charge in [0.15, 0.2) is 0 Å². The zero-order valence-corrected chi connectivity index (χ0v) is 13.4. The van der Waals surface area contributed by atoms with E-state index in [-0.39, 0.29) is 22.7 Å². The van der Waals surface area contributed by atoms with Crippen molar-refractivity contribution in [1.29, 1.82) is 0 Å². The Labute approximate surface area is 127 Å². The molecule has 0 bridgehead atoms. The summed E-state index contributed by atoms with van der Waals surface area (Å²) < 4.78 is 14.7. The van der Waals surface area contributed by atoms with E-state index in [0.717, 1.165) is 11.3 Å². The molecule has 0 saturated heterocycles. The number of carbonyl (C=O) groups is 2. The van der Waals surface area contributed by atoms with Crippen molar-refractivity contribution in [3.8, 4) is 0 Å². The summed E-state index contributed by atoms with van der Waals surface area (Å²) in [5.74, 6) is -1.13. The van der Waals surface area contributed by atoms with E-state index in [0.29, 0.717) is 18.2 Å². The van der Waals surface area contributed by atoms with Crippen molar-refractivity contribution < 1.29 is 23.8 Å². The maximum Gasteiger partial charge on any atom is 0.350 e. The highest BCUT2D eigenvalue weighted by molar-refractivity contribution is 7.19. The summed E-state index contributed by atoms with van der Waals surface area (Å²) in [7, 11) is 4.63. The van der Waals surface area contributed by atoms with Crippen molar-refractivity contribution >= 4 is 34.0 Å². The van der Waals surface area contributed by atoms with Crippen LogP contribution in [0.3, 0.4) is 0 Å². The number of hydrogen-bond acceptors (Lipinski definition) is 8. The van der Waals surface area contributed by atoms with Crippen LogP contribution in [0.25, 0.3) is 0 Å². The molecular formula is C13H20N2O5S. The molecule has 21 heavy (non-hydrogen) atoms. The molecule has 0 aliphatic rings. The molecule has 2 N–H and O–H groups in total. The summed E-state index contributed by atoms with van der Waals surface area (Å²) in [6.45, 7) is 2.96. The summed E-state index contributed by atoms with van der Waals surface area (Å²) in [6.07, 6.45) is 0. The van der Waals surface area contributed by atoms with Gasteiger partial charge in [-0.2, -0.15) is 0 Å². The molecule has 0 saturated carbocycles. The predicted octanol–water partition coefficient (Wildman–Crippen LogP) is 1.38. The number of hydrogen-bond donors (Lipinski definition) is 1. The molecule has 1 aromatic heterocycles. The lowest BCUT2D eigenvalue weighted by atomic mass is 10.2. The molecule has 1 aromatic rings. The molecule has 0 amide bonds. The highest BCUT2D eigenvalue weighted by atomic mass is 32.1. The highest BCUT2D eigenvalue weighted by Gasteiger charge is 2.28. The molecule has 0 unspecified atom stereocenters. The lowest BCUT2D eigenvalue weighted by Crippen LogP contribution is -2.23. The number of thiophene rings is 1. The molecule has 0 fully saturated rings. The summed E-state index contributed by atoms with van der Waals surface area (Å²) >= 11 is 1.11. The van der Waals surface area contributed by atoms with Gasteiger partial charge in [0, 0.05) is 20.7 Å². The number of nitrogen functional groups attached to an aromatic ring is 1. The van der Waals surface area contributed by atoms with Crippen LogP contribution in [0.1, 0.15) is 27.0 Å². The van der Waals surface area contributed by atoms with Crippen molar-refractivity contribution in [1.82, 2.24) is 0 Å². The van der Waals surface area contributed by atoms with E-state index >= 15 is 0 Å². The summed E-state index contributed by atoms with van der Waals surface area (Å²) in [5, 5.41) is 0.555. The van der Waals surface area contributed by atoms with E-state index in [2.05, 4.69) is 0 Å². The number of methoxy groups -OCH3 is 2. The summed E-state index contributed by atoms with van der Waals surface area (Å²) in [5.41, 5.74) is 6.20. The minimum absolute atomic E-state index is 0.0876. The first-order valence-corrected chi connectivity index (χ1v) is 7.17. The molecular weight excluding hydrogens is 296 g/mol. The number of esters is 2. The van der Waals surface area contributed by atoms with Crippen LogP contribution in [0.5, 0.6) is 0 Å². The van der Waals surface area contributed by atoms with Crippen molar-refractivity contribution in [2.75, 3.05) is 51.7 Å². The van der Waals surface area contributed by atoms with Crippen LogP contribution in [-0.4, -0.2) is 53.0 Å². The van der Waals surface area contributed by atoms with E-state index in [1.54, 1.807) is 26.0 Å². The number of anilines is 2. The SMILES string of the molecule is CCOC(=O)c1sc(N(C)CCOC)c(C(=O)OC)c1N. The monoisotopic (exact) mass is 316 g/mol.